The van der Waals surface area contributed by atoms with Gasteiger partial charge in [-0.2, -0.15) is 0 Å². The van der Waals surface area contributed by atoms with Crippen LogP contribution < -0.4 is 0 Å². The Hall–Kier alpha value is 0.589. The molecule has 1 aromatic heterocycles. The maximum atomic E-state index is 4.79. The third kappa shape index (κ3) is 3.21. The van der Waals surface area contributed by atoms with E-state index in [0.29, 0.717) is 4.20 Å². The Bertz CT molecular complexity index is 246. The minimum atomic E-state index is 0. The zero-order valence-corrected chi connectivity index (χ0v) is 10.6. The summed E-state index contributed by atoms with van der Waals surface area (Å²) in [6.45, 7) is 2.06. The van der Waals surface area contributed by atoms with Crippen molar-refractivity contribution in [2.75, 3.05) is 0 Å². The molecular weight excluding hydrogens is 374 g/mol. The summed E-state index contributed by atoms with van der Waals surface area (Å²) in [5.41, 5.74) is 1.08. The summed E-state index contributed by atoms with van der Waals surface area (Å²) in [4.78, 5) is 4.20. The van der Waals surface area contributed by atoms with Gasteiger partial charge in [0.15, 0.2) is 0 Å². The van der Waals surface area contributed by atoms with Crippen molar-refractivity contribution in [2.24, 2.45) is 0 Å². The quantitative estimate of drug-likeness (QED) is 0.575. The maximum Gasteiger partial charge on any atom is 0.104 e. The van der Waals surface area contributed by atoms with Gasteiger partial charge in [0.25, 0.3) is 0 Å². The molecule has 0 spiro atoms. The number of thiocarbonyl (C=S) groups is 1. The number of aromatic nitrogens is 1. The van der Waals surface area contributed by atoms with E-state index in [4.69, 9.17) is 24.8 Å². The first-order valence-corrected chi connectivity index (χ1v) is 4.59. The molecule has 0 saturated carbocycles. The Kier molecular flexibility index (Phi) is 5.56. The van der Waals surface area contributed by atoms with E-state index in [1.165, 1.54) is 11.3 Å². The van der Waals surface area contributed by atoms with E-state index < -0.39 is 0 Å². The van der Waals surface area contributed by atoms with Gasteiger partial charge in [-0.1, -0.05) is 11.1 Å². The fourth-order valence-corrected chi connectivity index (χ4v) is 1.68. The number of hydrogen-bond donors (Lipinski definition) is 0. The zero-order chi connectivity index (χ0) is 7.56. The van der Waals surface area contributed by atoms with Gasteiger partial charge in [-0.15, -0.1) is 11.3 Å². The first-order valence-electron chi connectivity index (χ1n) is 2.89. The van der Waals surface area contributed by atoms with Gasteiger partial charge in [0.2, 0.25) is 0 Å². The Morgan fingerprint density at radius 2 is 2.45 bits per heavy atom. The van der Waals surface area contributed by atoms with Gasteiger partial charge in [-0.3, -0.25) is 0 Å². The molecule has 0 bridgehead atoms. The summed E-state index contributed by atoms with van der Waals surface area (Å²) in [7, 11) is 0. The minimum Gasteiger partial charge on any atom is -0.426 e. The fourth-order valence-electron chi connectivity index (χ4n) is 0.563. The number of rotatable bonds is 2. The summed E-state index contributed by atoms with van der Waals surface area (Å²) < 4.78 is 0.477. The standard InChI is InChI=1S/C6H7NS3.Ir/c1-2-4-3-10-5(7-4)6(8)9;/h3H,2H2,1H3,(H,8,9);/p-1. The van der Waals surface area contributed by atoms with Crippen LogP contribution in [-0.2, 0) is 39.2 Å². The minimum absolute atomic E-state index is 0. The van der Waals surface area contributed by atoms with Crippen LogP contribution in [0.25, 0.3) is 0 Å². The molecule has 0 fully saturated rings. The van der Waals surface area contributed by atoms with E-state index in [1.807, 2.05) is 5.38 Å². The normalized spacial score (nSPS) is 8.82. The molecule has 1 nitrogen and oxygen atoms in total. The van der Waals surface area contributed by atoms with E-state index in [-0.39, 0.29) is 20.1 Å². The SMILES string of the molecule is CCc1csc(C(=S)[S-])n1.[Ir]. The molecule has 0 aliphatic rings. The Balaban J connectivity index is 0.000001000. The molecule has 0 N–H and O–H groups in total. The average molecular weight is 381 g/mol. The van der Waals surface area contributed by atoms with Gasteiger partial charge in [-0.25, -0.2) is 4.98 Å². The van der Waals surface area contributed by atoms with Crippen LogP contribution in [0.5, 0.6) is 0 Å². The molecule has 1 aromatic rings. The summed E-state index contributed by atoms with van der Waals surface area (Å²) in [6.07, 6.45) is 0.953. The molecule has 0 atom stereocenters. The van der Waals surface area contributed by atoms with Gasteiger partial charge >= 0.3 is 0 Å². The van der Waals surface area contributed by atoms with Crippen LogP contribution in [0.4, 0.5) is 0 Å². The van der Waals surface area contributed by atoms with Crippen molar-refractivity contribution in [1.82, 2.24) is 4.98 Å². The predicted molar refractivity (Wildman–Crippen MR) is 50.6 cm³/mol. The molecule has 1 heterocycles. The third-order valence-corrected chi connectivity index (χ3v) is 2.64. The molecule has 1 rings (SSSR count). The van der Waals surface area contributed by atoms with Crippen LogP contribution in [0.2, 0.25) is 0 Å². The summed E-state index contributed by atoms with van der Waals surface area (Å²) in [5, 5.41) is 2.80. The van der Waals surface area contributed by atoms with E-state index in [1.54, 1.807) is 0 Å². The number of hydrogen-bond acceptors (Lipinski definition) is 4. The second kappa shape index (κ2) is 5.27. The smallest absolute Gasteiger partial charge is 0.104 e. The molecular formula is C6H6IrNS3-. The van der Waals surface area contributed by atoms with Crippen molar-refractivity contribution in [2.45, 2.75) is 13.3 Å². The molecule has 63 valence electrons. The van der Waals surface area contributed by atoms with E-state index in [9.17, 15) is 0 Å². The second-order valence-corrected chi connectivity index (χ2v) is 3.72. The molecule has 11 heavy (non-hydrogen) atoms. The first kappa shape index (κ1) is 11.6. The van der Waals surface area contributed by atoms with E-state index >= 15 is 0 Å². The number of thiazole rings is 1. The van der Waals surface area contributed by atoms with Crippen molar-refractivity contribution in [3.05, 3.63) is 16.1 Å². The molecule has 0 aliphatic carbocycles. The number of nitrogens with zero attached hydrogens (tertiary/aromatic N) is 1. The largest absolute Gasteiger partial charge is 0.426 e. The molecule has 0 amide bonds. The number of aryl methyl sites for hydroxylation is 1. The summed E-state index contributed by atoms with van der Waals surface area (Å²) in [5.74, 6) is 0. The van der Waals surface area contributed by atoms with Crippen LogP contribution in [0.1, 0.15) is 17.6 Å². The van der Waals surface area contributed by atoms with Crippen molar-refractivity contribution < 1.29 is 20.1 Å². The maximum absolute atomic E-state index is 4.79. The molecule has 0 saturated heterocycles. The molecule has 0 unspecified atom stereocenters. The van der Waals surface area contributed by atoms with Gasteiger partial charge < -0.3 is 24.8 Å². The summed E-state index contributed by atoms with van der Waals surface area (Å²) in [6, 6.07) is 0. The van der Waals surface area contributed by atoms with E-state index in [2.05, 4.69) is 11.9 Å². The monoisotopic (exact) mass is 381 g/mol. The van der Waals surface area contributed by atoms with Crippen molar-refractivity contribution >= 4 is 40.4 Å². The topological polar surface area (TPSA) is 12.9 Å². The Labute approximate surface area is 94.4 Å². The van der Waals surface area contributed by atoms with Crippen LogP contribution in [0.3, 0.4) is 0 Å². The van der Waals surface area contributed by atoms with Gasteiger partial charge in [0.05, 0.1) is 5.69 Å². The fraction of sp³-hybridized carbons (Fsp3) is 0.333. The van der Waals surface area contributed by atoms with Crippen molar-refractivity contribution in [3.63, 3.8) is 0 Å². The van der Waals surface area contributed by atoms with Crippen molar-refractivity contribution in [1.29, 1.82) is 0 Å². The molecule has 0 aliphatic heterocycles. The first-order chi connectivity index (χ1) is 4.74. The third-order valence-electron chi connectivity index (χ3n) is 1.09. The second-order valence-electron chi connectivity index (χ2n) is 1.79. The zero-order valence-electron chi connectivity index (χ0n) is 5.79. The Morgan fingerprint density at radius 3 is 2.73 bits per heavy atom. The Morgan fingerprint density at radius 1 is 1.82 bits per heavy atom. The molecule has 1 radical (unpaired) electrons. The van der Waals surface area contributed by atoms with Crippen LogP contribution >= 0.6 is 23.6 Å². The molecule has 0 aromatic carbocycles. The van der Waals surface area contributed by atoms with Gasteiger partial charge in [0, 0.05) is 25.5 Å². The predicted octanol–water partition coefficient (Wildman–Crippen LogP) is 1.93. The van der Waals surface area contributed by atoms with Crippen LogP contribution in [0, 0.1) is 0 Å². The van der Waals surface area contributed by atoms with Crippen LogP contribution in [0.15, 0.2) is 5.38 Å². The van der Waals surface area contributed by atoms with Crippen molar-refractivity contribution in [3.8, 4) is 0 Å². The molecule has 5 heteroatoms. The van der Waals surface area contributed by atoms with E-state index in [0.717, 1.165) is 17.1 Å². The average Bonchev–Trinajstić information content (AvgIpc) is 2.34. The van der Waals surface area contributed by atoms with Gasteiger partial charge in [0.1, 0.15) is 5.01 Å². The van der Waals surface area contributed by atoms with Crippen LogP contribution in [-0.4, -0.2) is 9.18 Å². The van der Waals surface area contributed by atoms with Gasteiger partial charge in [-0.05, 0) is 6.42 Å². The summed E-state index contributed by atoms with van der Waals surface area (Å²) >= 11 is 11.1.